The van der Waals surface area contributed by atoms with E-state index in [-0.39, 0.29) is 5.92 Å². The number of halogens is 1. The van der Waals surface area contributed by atoms with Crippen molar-refractivity contribution in [3.63, 3.8) is 0 Å². The highest BCUT2D eigenvalue weighted by Crippen LogP contribution is 2.35. The van der Waals surface area contributed by atoms with Gasteiger partial charge in [0.15, 0.2) is 0 Å². The highest BCUT2D eigenvalue weighted by atomic mass is 79.9. The predicted octanol–water partition coefficient (Wildman–Crippen LogP) is 2.26. The average Bonchev–Trinajstić information content (AvgIpc) is 2.67. The lowest BCUT2D eigenvalue weighted by molar-refractivity contribution is -0.142. The van der Waals surface area contributed by atoms with E-state index in [2.05, 4.69) is 15.9 Å². The fourth-order valence-electron chi connectivity index (χ4n) is 1.88. The predicted molar refractivity (Wildman–Crippen MR) is 58.8 cm³/mol. The summed E-state index contributed by atoms with van der Waals surface area (Å²) in [5, 5.41) is 9.04. The van der Waals surface area contributed by atoms with Gasteiger partial charge in [0, 0.05) is 10.4 Å². The second kappa shape index (κ2) is 4.33. The van der Waals surface area contributed by atoms with E-state index in [1.165, 1.54) is 0 Å². The van der Waals surface area contributed by atoms with Crippen LogP contribution in [0.5, 0.6) is 0 Å². The van der Waals surface area contributed by atoms with Crippen LogP contribution in [-0.2, 0) is 9.53 Å². The number of aliphatic carboxylic acids is 1. The second-order valence-corrected chi connectivity index (χ2v) is 4.46. The Kier molecular flexibility index (Phi) is 3.07. The smallest absolute Gasteiger partial charge is 0.309 e. The molecule has 1 saturated heterocycles. The molecule has 2 rings (SSSR count). The van der Waals surface area contributed by atoms with Gasteiger partial charge in [-0.1, -0.05) is 34.1 Å². The summed E-state index contributed by atoms with van der Waals surface area (Å²) in [6.07, 6.45) is 0. The maximum absolute atomic E-state index is 11.0. The van der Waals surface area contributed by atoms with E-state index in [1.54, 1.807) is 0 Å². The first-order valence-electron chi connectivity index (χ1n) is 4.75. The van der Waals surface area contributed by atoms with Crippen LogP contribution in [0.1, 0.15) is 11.5 Å². The van der Waals surface area contributed by atoms with E-state index >= 15 is 0 Å². The SMILES string of the molecule is O=C(O)C1COCC1c1ccccc1Br. The molecular formula is C11H11BrO3. The zero-order chi connectivity index (χ0) is 10.8. The van der Waals surface area contributed by atoms with Crippen molar-refractivity contribution < 1.29 is 14.6 Å². The summed E-state index contributed by atoms with van der Waals surface area (Å²) in [5.41, 5.74) is 1.02. The van der Waals surface area contributed by atoms with Crippen LogP contribution in [0.3, 0.4) is 0 Å². The van der Waals surface area contributed by atoms with Crippen LogP contribution >= 0.6 is 15.9 Å². The molecule has 1 aromatic rings. The average molecular weight is 271 g/mol. The molecule has 80 valence electrons. The van der Waals surface area contributed by atoms with Gasteiger partial charge in [0.05, 0.1) is 19.1 Å². The molecule has 0 aromatic heterocycles. The molecule has 1 heterocycles. The third kappa shape index (κ3) is 2.06. The van der Waals surface area contributed by atoms with Crippen LogP contribution in [-0.4, -0.2) is 24.3 Å². The lowest BCUT2D eigenvalue weighted by atomic mass is 9.89. The Morgan fingerprint density at radius 3 is 2.80 bits per heavy atom. The lowest BCUT2D eigenvalue weighted by Crippen LogP contribution is -2.20. The summed E-state index contributed by atoms with van der Waals surface area (Å²) >= 11 is 3.43. The van der Waals surface area contributed by atoms with E-state index in [1.807, 2.05) is 24.3 Å². The molecule has 2 atom stereocenters. The minimum Gasteiger partial charge on any atom is -0.481 e. The molecule has 1 aliphatic heterocycles. The maximum Gasteiger partial charge on any atom is 0.309 e. The topological polar surface area (TPSA) is 46.5 Å². The Balaban J connectivity index is 2.30. The summed E-state index contributed by atoms with van der Waals surface area (Å²) in [7, 11) is 0. The van der Waals surface area contributed by atoms with Crippen LogP contribution in [0.25, 0.3) is 0 Å². The summed E-state index contributed by atoms with van der Waals surface area (Å²) in [4.78, 5) is 11.0. The fourth-order valence-corrected chi connectivity index (χ4v) is 2.46. The molecular weight excluding hydrogens is 260 g/mol. The van der Waals surface area contributed by atoms with Gasteiger partial charge in [-0.05, 0) is 11.6 Å². The van der Waals surface area contributed by atoms with Gasteiger partial charge in [0.1, 0.15) is 0 Å². The van der Waals surface area contributed by atoms with Crippen molar-refractivity contribution in [1.82, 2.24) is 0 Å². The molecule has 0 aliphatic carbocycles. The summed E-state index contributed by atoms with van der Waals surface area (Å²) in [6.45, 7) is 0.793. The number of rotatable bonds is 2. The Hall–Kier alpha value is -0.870. The molecule has 1 aliphatic rings. The van der Waals surface area contributed by atoms with Crippen molar-refractivity contribution in [2.45, 2.75) is 5.92 Å². The number of ether oxygens (including phenoxy) is 1. The number of carbonyl (C=O) groups is 1. The Morgan fingerprint density at radius 2 is 2.13 bits per heavy atom. The van der Waals surface area contributed by atoms with Gasteiger partial charge in [0.2, 0.25) is 0 Å². The van der Waals surface area contributed by atoms with E-state index in [0.717, 1.165) is 10.0 Å². The van der Waals surface area contributed by atoms with Crippen molar-refractivity contribution in [2.24, 2.45) is 5.92 Å². The molecule has 1 N–H and O–H groups in total. The molecule has 0 amide bonds. The van der Waals surface area contributed by atoms with E-state index in [4.69, 9.17) is 9.84 Å². The number of carboxylic acids is 1. The number of carboxylic acid groups (broad SMARTS) is 1. The molecule has 1 fully saturated rings. The molecule has 0 saturated carbocycles. The second-order valence-electron chi connectivity index (χ2n) is 3.61. The quantitative estimate of drug-likeness (QED) is 0.897. The molecule has 0 bridgehead atoms. The van der Waals surface area contributed by atoms with Gasteiger partial charge < -0.3 is 9.84 Å². The van der Waals surface area contributed by atoms with Crippen LogP contribution in [0.15, 0.2) is 28.7 Å². The Bertz CT molecular complexity index is 378. The molecule has 4 heteroatoms. The summed E-state index contributed by atoms with van der Waals surface area (Å²) < 4.78 is 6.19. The zero-order valence-electron chi connectivity index (χ0n) is 8.02. The number of hydrogen-bond donors (Lipinski definition) is 1. The molecule has 0 radical (unpaired) electrons. The molecule has 2 unspecified atom stereocenters. The number of benzene rings is 1. The largest absolute Gasteiger partial charge is 0.481 e. The molecule has 1 aromatic carbocycles. The van der Waals surface area contributed by atoms with E-state index < -0.39 is 11.9 Å². The minimum absolute atomic E-state index is 0.0434. The normalized spacial score (nSPS) is 25.4. The highest BCUT2D eigenvalue weighted by molar-refractivity contribution is 9.10. The Morgan fingerprint density at radius 1 is 1.40 bits per heavy atom. The van der Waals surface area contributed by atoms with Crippen LogP contribution < -0.4 is 0 Å². The zero-order valence-corrected chi connectivity index (χ0v) is 9.61. The Labute approximate surface area is 96.2 Å². The van der Waals surface area contributed by atoms with Crippen LogP contribution in [0.2, 0.25) is 0 Å². The first-order chi connectivity index (χ1) is 7.20. The fraction of sp³-hybridized carbons (Fsp3) is 0.364. The first kappa shape index (κ1) is 10.6. The van der Waals surface area contributed by atoms with Crippen LogP contribution in [0, 0.1) is 5.92 Å². The van der Waals surface area contributed by atoms with Crippen molar-refractivity contribution >= 4 is 21.9 Å². The molecule has 3 nitrogen and oxygen atoms in total. The first-order valence-corrected chi connectivity index (χ1v) is 5.54. The standard InChI is InChI=1S/C11H11BrO3/c12-10-4-2-1-3-7(10)8-5-15-6-9(8)11(13)14/h1-4,8-9H,5-6H2,(H,13,14). The lowest BCUT2D eigenvalue weighted by Gasteiger charge is -2.15. The van der Waals surface area contributed by atoms with Gasteiger partial charge in [0.25, 0.3) is 0 Å². The van der Waals surface area contributed by atoms with Gasteiger partial charge in [-0.2, -0.15) is 0 Å². The third-order valence-electron chi connectivity index (χ3n) is 2.70. The summed E-state index contributed by atoms with van der Waals surface area (Å²) in [5.74, 6) is -1.25. The van der Waals surface area contributed by atoms with E-state index in [9.17, 15) is 4.79 Å². The maximum atomic E-state index is 11.0. The van der Waals surface area contributed by atoms with E-state index in [0.29, 0.717) is 13.2 Å². The van der Waals surface area contributed by atoms with Crippen molar-refractivity contribution in [2.75, 3.05) is 13.2 Å². The van der Waals surface area contributed by atoms with Crippen molar-refractivity contribution in [1.29, 1.82) is 0 Å². The van der Waals surface area contributed by atoms with Gasteiger partial charge >= 0.3 is 5.97 Å². The summed E-state index contributed by atoms with van der Waals surface area (Å²) in [6, 6.07) is 7.70. The van der Waals surface area contributed by atoms with Crippen LogP contribution in [0.4, 0.5) is 0 Å². The molecule has 15 heavy (non-hydrogen) atoms. The van der Waals surface area contributed by atoms with Gasteiger partial charge in [-0.3, -0.25) is 4.79 Å². The van der Waals surface area contributed by atoms with Crippen molar-refractivity contribution in [3.8, 4) is 0 Å². The van der Waals surface area contributed by atoms with Crippen molar-refractivity contribution in [3.05, 3.63) is 34.3 Å². The third-order valence-corrected chi connectivity index (χ3v) is 3.42. The number of hydrogen-bond acceptors (Lipinski definition) is 2. The minimum atomic E-state index is -0.784. The monoisotopic (exact) mass is 270 g/mol. The van der Waals surface area contributed by atoms with Gasteiger partial charge in [-0.25, -0.2) is 0 Å². The van der Waals surface area contributed by atoms with Gasteiger partial charge in [-0.15, -0.1) is 0 Å². The molecule has 0 spiro atoms. The highest BCUT2D eigenvalue weighted by Gasteiger charge is 2.35.